The molecule has 0 radical (unpaired) electrons. The predicted octanol–water partition coefficient (Wildman–Crippen LogP) is 4.20. The lowest BCUT2D eigenvalue weighted by molar-refractivity contribution is -0.137. The summed E-state index contributed by atoms with van der Waals surface area (Å²) in [6.07, 6.45) is -1.28. The number of hydrogen-bond donors (Lipinski definition) is 0. The third kappa shape index (κ3) is 2.16. The molecule has 2 aliphatic rings. The van der Waals surface area contributed by atoms with E-state index in [9.17, 15) is 13.2 Å². The molecule has 1 aliphatic carbocycles. The molecule has 108 valence electrons. The number of benzene rings is 1. The van der Waals surface area contributed by atoms with Gasteiger partial charge >= 0.3 is 6.18 Å². The highest BCUT2D eigenvalue weighted by Gasteiger charge is 2.43. The number of alkyl halides is 3. The van der Waals surface area contributed by atoms with Crippen LogP contribution in [0.5, 0.6) is 0 Å². The van der Waals surface area contributed by atoms with Crippen LogP contribution >= 0.6 is 0 Å². The van der Waals surface area contributed by atoms with Crippen LogP contribution in [-0.4, -0.2) is 23.5 Å². The maximum Gasteiger partial charge on any atom is 0.416 e. The minimum atomic E-state index is -4.29. The molecule has 0 amide bonds. The van der Waals surface area contributed by atoms with E-state index in [2.05, 4.69) is 18.7 Å². The fourth-order valence-corrected chi connectivity index (χ4v) is 3.51. The summed E-state index contributed by atoms with van der Waals surface area (Å²) in [6.45, 7) is 5.18. The maximum absolute atomic E-state index is 13.2. The molecular weight excluding hydrogens is 263 g/mol. The maximum atomic E-state index is 13.2. The van der Waals surface area contributed by atoms with Gasteiger partial charge in [-0.05, 0) is 43.4 Å². The SMILES string of the molecule is CC(C)N1CC2C=C(c3ccccc3C(F)(F)F)C1C2. The van der Waals surface area contributed by atoms with E-state index in [1.807, 2.05) is 6.08 Å². The Balaban J connectivity index is 2.02. The summed E-state index contributed by atoms with van der Waals surface area (Å²) in [5.41, 5.74) is 0.711. The first-order valence-electron chi connectivity index (χ1n) is 7.02. The molecule has 1 heterocycles. The van der Waals surface area contributed by atoms with Crippen molar-refractivity contribution in [2.75, 3.05) is 6.54 Å². The summed E-state index contributed by atoms with van der Waals surface area (Å²) in [7, 11) is 0. The van der Waals surface area contributed by atoms with E-state index in [1.165, 1.54) is 12.1 Å². The van der Waals surface area contributed by atoms with Crippen molar-refractivity contribution >= 4 is 5.57 Å². The third-order valence-electron chi connectivity index (χ3n) is 4.35. The van der Waals surface area contributed by atoms with Crippen LogP contribution in [0.3, 0.4) is 0 Å². The molecule has 1 saturated heterocycles. The Morgan fingerprint density at radius 2 is 1.90 bits per heavy atom. The Morgan fingerprint density at radius 3 is 2.50 bits per heavy atom. The van der Waals surface area contributed by atoms with Crippen LogP contribution in [0.15, 0.2) is 30.3 Å². The second kappa shape index (κ2) is 4.62. The first-order chi connectivity index (χ1) is 9.38. The van der Waals surface area contributed by atoms with Crippen molar-refractivity contribution in [2.24, 2.45) is 5.92 Å². The number of fused-ring (bicyclic) bond motifs is 2. The number of likely N-dealkylation sites (tertiary alicyclic amines) is 1. The molecular formula is C16H18F3N. The molecule has 1 aliphatic heterocycles. The van der Waals surface area contributed by atoms with Crippen molar-refractivity contribution in [3.05, 3.63) is 41.5 Å². The molecule has 0 spiro atoms. The normalized spacial score (nSPS) is 26.4. The molecule has 0 aromatic heterocycles. The standard InChI is InChI=1S/C16H18F3N/c1-10(2)20-9-11-7-13(15(20)8-11)12-5-3-4-6-14(12)16(17,18)19/h3-7,10-11,15H,8-9H2,1-2H3. The Labute approximate surface area is 117 Å². The van der Waals surface area contributed by atoms with Gasteiger partial charge in [-0.25, -0.2) is 0 Å². The van der Waals surface area contributed by atoms with Crippen LogP contribution in [0.1, 0.15) is 31.4 Å². The first kappa shape index (κ1) is 13.7. The zero-order valence-electron chi connectivity index (χ0n) is 11.6. The molecule has 2 bridgehead atoms. The summed E-state index contributed by atoms with van der Waals surface area (Å²) in [5.74, 6) is 0.402. The van der Waals surface area contributed by atoms with Crippen molar-refractivity contribution in [1.82, 2.24) is 4.90 Å². The lowest BCUT2D eigenvalue weighted by Gasteiger charge is -2.32. The Bertz CT molecular complexity index is 545. The summed E-state index contributed by atoms with van der Waals surface area (Å²) in [5, 5.41) is 0. The lowest BCUT2D eigenvalue weighted by Crippen LogP contribution is -2.38. The Hall–Kier alpha value is -1.29. The average Bonchev–Trinajstić information content (AvgIpc) is 2.97. The molecule has 1 aromatic rings. The summed E-state index contributed by atoms with van der Waals surface area (Å²) in [4.78, 5) is 2.31. The topological polar surface area (TPSA) is 3.24 Å². The minimum absolute atomic E-state index is 0.142. The molecule has 1 fully saturated rings. The molecule has 0 N–H and O–H groups in total. The Morgan fingerprint density at radius 1 is 1.20 bits per heavy atom. The number of halogens is 3. The minimum Gasteiger partial charge on any atom is -0.293 e. The summed E-state index contributed by atoms with van der Waals surface area (Å²) < 4.78 is 39.5. The van der Waals surface area contributed by atoms with Crippen molar-refractivity contribution in [1.29, 1.82) is 0 Å². The largest absolute Gasteiger partial charge is 0.416 e. The molecule has 0 saturated carbocycles. The second-order valence-corrected chi connectivity index (χ2v) is 5.97. The van der Waals surface area contributed by atoms with Crippen molar-refractivity contribution in [3.8, 4) is 0 Å². The highest BCUT2D eigenvalue weighted by Crippen LogP contribution is 2.45. The molecule has 3 rings (SSSR count). The molecule has 2 unspecified atom stereocenters. The first-order valence-corrected chi connectivity index (χ1v) is 7.02. The Kier molecular flexibility index (Phi) is 3.16. The van der Waals surface area contributed by atoms with Gasteiger partial charge in [-0.1, -0.05) is 24.3 Å². The van der Waals surface area contributed by atoms with E-state index in [1.54, 1.807) is 12.1 Å². The number of rotatable bonds is 2. The van der Waals surface area contributed by atoms with Crippen LogP contribution < -0.4 is 0 Å². The lowest BCUT2D eigenvalue weighted by atomic mass is 9.94. The number of nitrogens with zero attached hydrogens (tertiary/aromatic N) is 1. The fourth-order valence-electron chi connectivity index (χ4n) is 3.51. The van der Waals surface area contributed by atoms with Gasteiger partial charge in [-0.3, -0.25) is 4.90 Å². The summed E-state index contributed by atoms with van der Waals surface area (Å²) in [6, 6.07) is 6.45. The summed E-state index contributed by atoms with van der Waals surface area (Å²) >= 11 is 0. The smallest absolute Gasteiger partial charge is 0.293 e. The van der Waals surface area contributed by atoms with Crippen LogP contribution in [0.25, 0.3) is 5.57 Å². The van der Waals surface area contributed by atoms with Gasteiger partial charge in [0.25, 0.3) is 0 Å². The second-order valence-electron chi connectivity index (χ2n) is 5.97. The van der Waals surface area contributed by atoms with E-state index in [4.69, 9.17) is 0 Å². The van der Waals surface area contributed by atoms with E-state index >= 15 is 0 Å². The molecule has 2 atom stereocenters. The van der Waals surface area contributed by atoms with E-state index < -0.39 is 11.7 Å². The zero-order chi connectivity index (χ0) is 14.5. The van der Waals surface area contributed by atoms with Gasteiger partial charge in [-0.2, -0.15) is 13.2 Å². The van der Waals surface area contributed by atoms with Crippen LogP contribution in [-0.2, 0) is 6.18 Å². The van der Waals surface area contributed by atoms with E-state index in [0.717, 1.165) is 18.5 Å². The van der Waals surface area contributed by atoms with Gasteiger partial charge in [0.05, 0.1) is 5.56 Å². The third-order valence-corrected chi connectivity index (χ3v) is 4.35. The van der Waals surface area contributed by atoms with Crippen molar-refractivity contribution in [3.63, 3.8) is 0 Å². The average molecular weight is 281 g/mol. The molecule has 20 heavy (non-hydrogen) atoms. The van der Waals surface area contributed by atoms with Gasteiger partial charge in [-0.15, -0.1) is 0 Å². The fraction of sp³-hybridized carbons (Fsp3) is 0.500. The van der Waals surface area contributed by atoms with E-state index in [0.29, 0.717) is 17.5 Å². The number of hydrogen-bond acceptors (Lipinski definition) is 1. The van der Waals surface area contributed by atoms with Gasteiger partial charge in [0.1, 0.15) is 0 Å². The van der Waals surface area contributed by atoms with Gasteiger partial charge in [0.15, 0.2) is 0 Å². The van der Waals surface area contributed by atoms with Crippen LogP contribution in [0.4, 0.5) is 13.2 Å². The predicted molar refractivity (Wildman–Crippen MR) is 73.2 cm³/mol. The molecule has 1 nitrogen and oxygen atoms in total. The molecule has 4 heteroatoms. The van der Waals surface area contributed by atoms with Crippen LogP contribution in [0, 0.1) is 5.92 Å². The van der Waals surface area contributed by atoms with Crippen LogP contribution in [0.2, 0.25) is 0 Å². The van der Waals surface area contributed by atoms with E-state index in [-0.39, 0.29) is 6.04 Å². The van der Waals surface area contributed by atoms with Crippen molar-refractivity contribution < 1.29 is 13.2 Å². The molecule has 1 aromatic carbocycles. The van der Waals surface area contributed by atoms with Gasteiger partial charge < -0.3 is 0 Å². The van der Waals surface area contributed by atoms with Gasteiger partial charge in [0, 0.05) is 18.6 Å². The highest BCUT2D eigenvalue weighted by atomic mass is 19.4. The monoisotopic (exact) mass is 281 g/mol. The zero-order valence-corrected chi connectivity index (χ0v) is 11.6. The highest BCUT2D eigenvalue weighted by molar-refractivity contribution is 5.75. The quantitative estimate of drug-likeness (QED) is 0.785. The van der Waals surface area contributed by atoms with Crippen molar-refractivity contribution in [2.45, 2.75) is 38.5 Å². The van der Waals surface area contributed by atoms with Gasteiger partial charge in [0.2, 0.25) is 0 Å².